The number of nitrogens with two attached hydrogens (primary N) is 1. The van der Waals surface area contributed by atoms with Crippen LogP contribution in [0.2, 0.25) is 0 Å². The van der Waals surface area contributed by atoms with Crippen LogP contribution in [0.5, 0.6) is 0 Å². The van der Waals surface area contributed by atoms with E-state index in [1.54, 1.807) is 24.0 Å². The predicted octanol–water partition coefficient (Wildman–Crippen LogP) is 1.10. The minimum atomic E-state index is -0.554. The van der Waals surface area contributed by atoms with Crippen molar-refractivity contribution < 1.29 is 9.59 Å². The number of carbonyl (C=O) groups excluding carboxylic acids is 2. The van der Waals surface area contributed by atoms with Gasteiger partial charge in [0.1, 0.15) is 0 Å². The fraction of sp³-hybridized carbons (Fsp3) is 0.385. The van der Waals surface area contributed by atoms with Crippen LogP contribution in [0.3, 0.4) is 0 Å². The minimum absolute atomic E-state index is 0.130. The van der Waals surface area contributed by atoms with Gasteiger partial charge in [0, 0.05) is 24.3 Å². The average molecular weight is 247 g/mol. The fourth-order valence-electron chi connectivity index (χ4n) is 1.93. The Morgan fingerprint density at radius 3 is 2.89 bits per heavy atom. The zero-order valence-electron chi connectivity index (χ0n) is 10.3. The van der Waals surface area contributed by atoms with Crippen molar-refractivity contribution in [2.24, 2.45) is 5.73 Å². The lowest BCUT2D eigenvalue weighted by Gasteiger charge is -2.17. The lowest BCUT2D eigenvalue weighted by atomic mass is 10.2. The van der Waals surface area contributed by atoms with Gasteiger partial charge in [0.25, 0.3) is 0 Å². The highest BCUT2D eigenvalue weighted by Gasteiger charge is 2.21. The molecule has 1 aromatic rings. The van der Waals surface area contributed by atoms with Gasteiger partial charge in [-0.2, -0.15) is 0 Å². The highest BCUT2D eigenvalue weighted by atomic mass is 16.2. The summed E-state index contributed by atoms with van der Waals surface area (Å²) < 4.78 is 0. The highest BCUT2D eigenvalue weighted by molar-refractivity contribution is 5.98. The van der Waals surface area contributed by atoms with Crippen LogP contribution in [0.15, 0.2) is 24.3 Å². The van der Waals surface area contributed by atoms with E-state index < -0.39 is 6.04 Å². The summed E-state index contributed by atoms with van der Waals surface area (Å²) in [7, 11) is 0. The van der Waals surface area contributed by atoms with E-state index in [-0.39, 0.29) is 11.8 Å². The molecule has 0 spiro atoms. The molecule has 1 aliphatic rings. The van der Waals surface area contributed by atoms with Crippen LogP contribution < -0.4 is 16.0 Å². The van der Waals surface area contributed by atoms with E-state index in [0.29, 0.717) is 12.1 Å². The Labute approximate surface area is 106 Å². The molecule has 0 aliphatic carbocycles. The van der Waals surface area contributed by atoms with Crippen LogP contribution in [0.4, 0.5) is 11.4 Å². The van der Waals surface area contributed by atoms with Crippen molar-refractivity contribution in [3.63, 3.8) is 0 Å². The molecule has 2 rings (SSSR count). The van der Waals surface area contributed by atoms with E-state index in [4.69, 9.17) is 5.73 Å². The highest BCUT2D eigenvalue weighted by Crippen LogP contribution is 2.24. The number of nitrogens with zero attached hydrogens (tertiary/aromatic N) is 1. The van der Waals surface area contributed by atoms with Gasteiger partial charge >= 0.3 is 0 Å². The molecule has 0 unspecified atom stereocenters. The number of benzene rings is 1. The topological polar surface area (TPSA) is 75.4 Å². The maximum atomic E-state index is 11.6. The lowest BCUT2D eigenvalue weighted by Crippen LogP contribution is -2.32. The van der Waals surface area contributed by atoms with Gasteiger partial charge in [0.2, 0.25) is 11.8 Å². The number of hydrogen-bond donors (Lipinski definition) is 2. The van der Waals surface area contributed by atoms with E-state index in [1.807, 2.05) is 12.1 Å². The molecule has 1 aliphatic heterocycles. The summed E-state index contributed by atoms with van der Waals surface area (Å²) in [6.45, 7) is 2.37. The summed E-state index contributed by atoms with van der Waals surface area (Å²) in [6, 6.07) is 6.71. The van der Waals surface area contributed by atoms with Crippen molar-refractivity contribution in [2.45, 2.75) is 25.8 Å². The van der Waals surface area contributed by atoms with E-state index in [0.717, 1.165) is 18.7 Å². The summed E-state index contributed by atoms with van der Waals surface area (Å²) in [5.41, 5.74) is 6.97. The first-order valence-electron chi connectivity index (χ1n) is 6.05. The molecule has 5 nitrogen and oxygen atoms in total. The van der Waals surface area contributed by atoms with Crippen LogP contribution >= 0.6 is 0 Å². The van der Waals surface area contributed by atoms with Crippen molar-refractivity contribution in [2.75, 3.05) is 16.8 Å². The second kappa shape index (κ2) is 5.18. The second-order valence-corrected chi connectivity index (χ2v) is 4.48. The second-order valence-electron chi connectivity index (χ2n) is 4.48. The smallest absolute Gasteiger partial charge is 0.240 e. The number of anilines is 2. The maximum absolute atomic E-state index is 11.6. The Morgan fingerprint density at radius 2 is 2.28 bits per heavy atom. The first-order valence-corrected chi connectivity index (χ1v) is 6.05. The molecule has 1 fully saturated rings. The normalized spacial score (nSPS) is 16.8. The van der Waals surface area contributed by atoms with Crippen LogP contribution in [-0.4, -0.2) is 24.4 Å². The SMILES string of the molecule is C[C@H](N)C(=O)Nc1cccc(N2CCCC2=O)c1. The summed E-state index contributed by atoms with van der Waals surface area (Å²) in [4.78, 5) is 24.9. The van der Waals surface area contributed by atoms with Crippen molar-refractivity contribution in [1.29, 1.82) is 0 Å². The predicted molar refractivity (Wildman–Crippen MR) is 70.3 cm³/mol. The molecule has 1 heterocycles. The van der Waals surface area contributed by atoms with Crippen LogP contribution in [0.25, 0.3) is 0 Å². The van der Waals surface area contributed by atoms with Crippen LogP contribution in [-0.2, 0) is 9.59 Å². The first-order chi connectivity index (χ1) is 8.58. The molecule has 1 saturated heterocycles. The van der Waals surface area contributed by atoms with Gasteiger partial charge in [-0.1, -0.05) is 6.07 Å². The molecule has 5 heteroatoms. The van der Waals surface area contributed by atoms with Crippen molar-refractivity contribution in [1.82, 2.24) is 0 Å². The lowest BCUT2D eigenvalue weighted by molar-refractivity contribution is -0.117. The Morgan fingerprint density at radius 1 is 1.50 bits per heavy atom. The average Bonchev–Trinajstić information content (AvgIpc) is 2.75. The largest absolute Gasteiger partial charge is 0.325 e. The summed E-state index contributed by atoms with van der Waals surface area (Å²) >= 11 is 0. The molecular weight excluding hydrogens is 230 g/mol. The Bertz CT molecular complexity index is 471. The van der Waals surface area contributed by atoms with Crippen molar-refractivity contribution in [3.05, 3.63) is 24.3 Å². The fourth-order valence-corrected chi connectivity index (χ4v) is 1.93. The van der Waals surface area contributed by atoms with Gasteiger partial charge in [0.15, 0.2) is 0 Å². The number of carbonyl (C=O) groups is 2. The van der Waals surface area contributed by atoms with E-state index in [2.05, 4.69) is 5.32 Å². The molecule has 1 aromatic carbocycles. The van der Waals surface area contributed by atoms with Gasteiger partial charge in [-0.05, 0) is 31.5 Å². The third-order valence-corrected chi connectivity index (χ3v) is 2.91. The summed E-state index contributed by atoms with van der Waals surface area (Å²) in [6.07, 6.45) is 1.48. The zero-order valence-corrected chi connectivity index (χ0v) is 10.3. The maximum Gasteiger partial charge on any atom is 0.240 e. The molecule has 96 valence electrons. The van der Waals surface area contributed by atoms with Gasteiger partial charge in [-0.15, -0.1) is 0 Å². The van der Waals surface area contributed by atoms with E-state index in [1.165, 1.54) is 0 Å². The van der Waals surface area contributed by atoms with Crippen LogP contribution in [0, 0.1) is 0 Å². The molecule has 0 saturated carbocycles. The molecule has 0 radical (unpaired) electrons. The molecule has 3 N–H and O–H groups in total. The van der Waals surface area contributed by atoms with Gasteiger partial charge in [-0.3, -0.25) is 9.59 Å². The summed E-state index contributed by atoms with van der Waals surface area (Å²) in [5.74, 6) is -0.106. The van der Waals surface area contributed by atoms with E-state index in [9.17, 15) is 9.59 Å². The number of rotatable bonds is 3. The molecule has 18 heavy (non-hydrogen) atoms. The first kappa shape index (κ1) is 12.6. The number of nitrogens with one attached hydrogen (secondary N) is 1. The monoisotopic (exact) mass is 247 g/mol. The molecule has 1 atom stereocenters. The molecule has 2 amide bonds. The third kappa shape index (κ3) is 2.68. The Hall–Kier alpha value is -1.88. The standard InChI is InChI=1S/C13H17N3O2/c1-9(14)13(18)15-10-4-2-5-11(8-10)16-7-3-6-12(16)17/h2,4-5,8-9H,3,6-7,14H2,1H3,(H,15,18)/t9-/m0/s1. The number of amides is 2. The van der Waals surface area contributed by atoms with Gasteiger partial charge < -0.3 is 16.0 Å². The van der Waals surface area contributed by atoms with Crippen molar-refractivity contribution >= 4 is 23.2 Å². The van der Waals surface area contributed by atoms with Gasteiger partial charge in [0.05, 0.1) is 6.04 Å². The third-order valence-electron chi connectivity index (χ3n) is 2.91. The minimum Gasteiger partial charge on any atom is -0.325 e. The molecular formula is C13H17N3O2. The summed E-state index contributed by atoms with van der Waals surface area (Å²) in [5, 5.41) is 2.72. The quantitative estimate of drug-likeness (QED) is 0.839. The van der Waals surface area contributed by atoms with Crippen LogP contribution in [0.1, 0.15) is 19.8 Å². The van der Waals surface area contributed by atoms with E-state index >= 15 is 0 Å². The van der Waals surface area contributed by atoms with Crippen molar-refractivity contribution in [3.8, 4) is 0 Å². The van der Waals surface area contributed by atoms with Gasteiger partial charge in [-0.25, -0.2) is 0 Å². The molecule has 0 bridgehead atoms. The number of hydrogen-bond acceptors (Lipinski definition) is 3. The Kier molecular flexibility index (Phi) is 3.62. The zero-order chi connectivity index (χ0) is 13.1. The Balaban J connectivity index is 2.15. The molecule has 0 aromatic heterocycles.